The van der Waals surface area contributed by atoms with Crippen molar-refractivity contribution in [2.24, 2.45) is 0 Å². The SMILES string of the molecule is COc1cc(S(=O)(=O)NCCCc2cn(CCOCCOCCOCCNc3ccc4cc5ccc(N)cc5nc4c3)nn2)ccc1NCc1ccc(-c2cc3c(NC4CCNCC4F)cccc3n2CC(F)(F)F)cc1. The molecule has 1 saturated heterocycles. The number of aryl methyl sites for hydroxylation is 1. The number of piperidine rings is 1. The number of sulfonamides is 1. The maximum atomic E-state index is 14.7. The molecule has 0 amide bonds. The zero-order chi connectivity index (χ0) is 53.8. The molecule has 3 aromatic heterocycles. The van der Waals surface area contributed by atoms with E-state index in [4.69, 9.17) is 29.7 Å². The molecule has 4 heterocycles. The zero-order valence-corrected chi connectivity index (χ0v) is 43.4. The second-order valence-corrected chi connectivity index (χ2v) is 20.5. The lowest BCUT2D eigenvalue weighted by atomic mass is 10.0. The molecule has 17 nitrogen and oxygen atoms in total. The smallest absolute Gasteiger partial charge is 0.406 e. The van der Waals surface area contributed by atoms with Crippen LogP contribution < -0.4 is 36.5 Å². The summed E-state index contributed by atoms with van der Waals surface area (Å²) < 4.78 is 111. The first-order valence-corrected chi connectivity index (χ1v) is 27.0. The molecule has 1 fully saturated rings. The minimum absolute atomic E-state index is 0.0304. The molecule has 5 aromatic carbocycles. The van der Waals surface area contributed by atoms with Crippen molar-refractivity contribution in [2.75, 3.05) is 94.6 Å². The number of aromatic nitrogens is 5. The first-order chi connectivity index (χ1) is 37.3. The van der Waals surface area contributed by atoms with Crippen molar-refractivity contribution in [2.45, 2.75) is 62.2 Å². The highest BCUT2D eigenvalue weighted by atomic mass is 32.2. The van der Waals surface area contributed by atoms with Crippen LogP contribution in [0, 0.1) is 0 Å². The summed E-state index contributed by atoms with van der Waals surface area (Å²) in [6.45, 7) is 3.98. The van der Waals surface area contributed by atoms with Crippen LogP contribution >= 0.6 is 0 Å². The van der Waals surface area contributed by atoms with Gasteiger partial charge in [0.05, 0.1) is 92.2 Å². The predicted molar refractivity (Wildman–Crippen MR) is 292 cm³/mol. The third kappa shape index (κ3) is 14.7. The number of nitrogens with zero attached hydrogens (tertiary/aromatic N) is 5. The molecule has 0 saturated carbocycles. The van der Waals surface area contributed by atoms with Crippen molar-refractivity contribution >= 4 is 65.5 Å². The van der Waals surface area contributed by atoms with Gasteiger partial charge in [-0.1, -0.05) is 47.7 Å². The van der Waals surface area contributed by atoms with Gasteiger partial charge >= 0.3 is 6.18 Å². The molecule has 408 valence electrons. The van der Waals surface area contributed by atoms with Crippen molar-refractivity contribution in [3.8, 4) is 17.0 Å². The van der Waals surface area contributed by atoms with Crippen molar-refractivity contribution in [1.82, 2.24) is 34.6 Å². The van der Waals surface area contributed by atoms with Crippen molar-refractivity contribution in [3.05, 3.63) is 127 Å². The summed E-state index contributed by atoms with van der Waals surface area (Å²) in [6.07, 6.45) is -2.26. The number of benzene rings is 5. The molecule has 0 bridgehead atoms. The highest BCUT2D eigenvalue weighted by Crippen LogP contribution is 2.36. The standard InChI is InChI=1S/C55H63F4N11O6S/c1-73-54-31-44(15-16-49(54)63-33-37-7-9-38(10-8-37)53-32-45-47(65-48-17-19-61-34-46(48)56)5-2-6-52(45)70(53)36-55(57,58)59)77(71,72)64-18-3-4-43-35-69(68-67-43)21-23-75-25-27-76-26-24-74-22-20-62-42-14-12-40-28-39-11-13-41(60)29-50(39)66-51(40)30-42/h2,5-16,28-32,35,46,48,61-65H,3-4,17-27,33-34,36,60H2,1H3. The monoisotopic (exact) mass is 1080 g/mol. The number of fused-ring (bicyclic) bond motifs is 3. The molecule has 0 radical (unpaired) electrons. The quantitative estimate of drug-likeness (QED) is 0.0124. The van der Waals surface area contributed by atoms with Crippen LogP contribution in [0.4, 0.5) is 40.3 Å². The number of hydrogen-bond donors (Lipinski definition) is 6. The molecular weight excluding hydrogens is 1020 g/mol. The Bertz CT molecular complexity index is 3360. The van der Waals surface area contributed by atoms with E-state index >= 15 is 0 Å². The normalized spacial score (nSPS) is 15.1. The summed E-state index contributed by atoms with van der Waals surface area (Å²) in [5.41, 5.74) is 13.4. The highest BCUT2D eigenvalue weighted by Gasteiger charge is 2.31. The van der Waals surface area contributed by atoms with Crippen LogP contribution in [0.2, 0.25) is 0 Å². The molecule has 8 aromatic rings. The largest absolute Gasteiger partial charge is 0.495 e. The van der Waals surface area contributed by atoms with Crippen LogP contribution in [-0.4, -0.2) is 124 Å². The summed E-state index contributed by atoms with van der Waals surface area (Å²) in [7, 11) is -2.44. The topological polar surface area (TPSA) is 206 Å². The maximum absolute atomic E-state index is 14.7. The van der Waals surface area contributed by atoms with Gasteiger partial charge in [-0.15, -0.1) is 5.10 Å². The molecule has 77 heavy (non-hydrogen) atoms. The average molecular weight is 1080 g/mol. The first-order valence-electron chi connectivity index (χ1n) is 25.6. The number of nitrogens with two attached hydrogens (primary N) is 1. The number of rotatable bonds is 27. The van der Waals surface area contributed by atoms with E-state index in [1.165, 1.54) is 23.8 Å². The van der Waals surface area contributed by atoms with Gasteiger partial charge in [0.2, 0.25) is 10.0 Å². The molecule has 9 rings (SSSR count). The Balaban J connectivity index is 0.655. The lowest BCUT2D eigenvalue weighted by Crippen LogP contribution is -2.45. The van der Waals surface area contributed by atoms with E-state index in [0.717, 1.165) is 38.8 Å². The van der Waals surface area contributed by atoms with Crippen LogP contribution in [0.15, 0.2) is 120 Å². The second-order valence-electron chi connectivity index (χ2n) is 18.7. The Morgan fingerprint density at radius 1 is 0.818 bits per heavy atom. The number of ether oxygens (including phenoxy) is 4. The summed E-state index contributed by atoms with van der Waals surface area (Å²) >= 11 is 0. The van der Waals surface area contributed by atoms with Gasteiger partial charge < -0.3 is 50.5 Å². The van der Waals surface area contributed by atoms with E-state index in [1.54, 1.807) is 47.1 Å². The maximum Gasteiger partial charge on any atom is 0.406 e. The molecule has 2 atom stereocenters. The Morgan fingerprint density at radius 2 is 1.58 bits per heavy atom. The van der Waals surface area contributed by atoms with E-state index in [9.17, 15) is 26.0 Å². The Labute approximate surface area is 443 Å². The number of nitrogen functional groups attached to an aromatic ring is 1. The van der Waals surface area contributed by atoms with Gasteiger partial charge in [-0.25, -0.2) is 27.2 Å². The minimum atomic E-state index is -4.48. The molecule has 2 unspecified atom stereocenters. The second kappa shape index (κ2) is 25.4. The van der Waals surface area contributed by atoms with Crippen molar-refractivity contribution in [3.63, 3.8) is 0 Å². The fourth-order valence-electron chi connectivity index (χ4n) is 9.20. The van der Waals surface area contributed by atoms with Gasteiger partial charge in [0, 0.05) is 77.4 Å². The Kier molecular flexibility index (Phi) is 18.0. The third-order valence-electron chi connectivity index (χ3n) is 13.2. The lowest BCUT2D eigenvalue weighted by Gasteiger charge is -2.28. The molecule has 0 aliphatic carbocycles. The lowest BCUT2D eigenvalue weighted by molar-refractivity contribution is -0.139. The number of methoxy groups -OCH3 is 1. The van der Waals surface area contributed by atoms with Crippen molar-refractivity contribution < 1.29 is 44.9 Å². The molecule has 7 N–H and O–H groups in total. The van der Waals surface area contributed by atoms with Crippen molar-refractivity contribution in [1.29, 1.82) is 0 Å². The molecule has 0 spiro atoms. The highest BCUT2D eigenvalue weighted by molar-refractivity contribution is 7.89. The summed E-state index contributed by atoms with van der Waals surface area (Å²) in [5.74, 6) is 0.310. The van der Waals surface area contributed by atoms with E-state index in [2.05, 4.69) is 42.4 Å². The molecule has 1 aliphatic heterocycles. The van der Waals surface area contributed by atoms with E-state index in [0.29, 0.717) is 130 Å². The summed E-state index contributed by atoms with van der Waals surface area (Å²) in [4.78, 5) is 4.79. The Morgan fingerprint density at radius 3 is 2.36 bits per heavy atom. The number of hydrogen-bond acceptors (Lipinski definition) is 14. The fraction of sp³-hybridized carbons (Fsp3) is 0.364. The van der Waals surface area contributed by atoms with Gasteiger partial charge in [-0.3, -0.25) is 0 Å². The van der Waals surface area contributed by atoms with Gasteiger partial charge in [0.1, 0.15) is 18.5 Å². The molecule has 1 aliphatic rings. The first kappa shape index (κ1) is 54.7. The van der Waals surface area contributed by atoms with E-state index in [-0.39, 0.29) is 18.0 Å². The summed E-state index contributed by atoms with van der Waals surface area (Å²) in [5, 5.41) is 24.0. The Hall–Kier alpha value is -7.08. The van der Waals surface area contributed by atoms with E-state index < -0.39 is 35.0 Å². The van der Waals surface area contributed by atoms with Gasteiger partial charge in [-0.2, -0.15) is 13.2 Å². The van der Waals surface area contributed by atoms with Gasteiger partial charge in [0.25, 0.3) is 0 Å². The third-order valence-corrected chi connectivity index (χ3v) is 14.6. The average Bonchev–Trinajstić information content (AvgIpc) is 4.06. The predicted octanol–water partition coefficient (Wildman–Crippen LogP) is 8.55. The van der Waals surface area contributed by atoms with Gasteiger partial charge in [-0.05, 0) is 97.6 Å². The van der Waals surface area contributed by atoms with Crippen LogP contribution in [-0.2, 0) is 50.3 Å². The van der Waals surface area contributed by atoms with E-state index in [1.807, 2.05) is 54.7 Å². The van der Waals surface area contributed by atoms with Gasteiger partial charge in [0.15, 0.2) is 0 Å². The number of alkyl halides is 4. The molecular formula is C55H63F4N11O6S. The van der Waals surface area contributed by atoms with Crippen LogP contribution in [0.5, 0.6) is 5.75 Å². The minimum Gasteiger partial charge on any atom is -0.495 e. The van der Waals surface area contributed by atoms with Crippen LogP contribution in [0.25, 0.3) is 44.0 Å². The fourth-order valence-corrected chi connectivity index (χ4v) is 10.3. The number of nitrogens with one attached hydrogen (secondary N) is 5. The van der Waals surface area contributed by atoms with Crippen LogP contribution in [0.1, 0.15) is 24.1 Å². The van der Waals surface area contributed by atoms with Crippen LogP contribution in [0.3, 0.4) is 0 Å². The molecule has 22 heteroatoms. The number of pyridine rings is 1. The number of halogens is 4. The number of anilines is 4. The summed E-state index contributed by atoms with van der Waals surface area (Å²) in [6, 6.07) is 32.0. The zero-order valence-electron chi connectivity index (χ0n) is 42.6.